The number of piperazine rings is 1. The molecule has 1 fully saturated rings. The van der Waals surface area contributed by atoms with E-state index in [0.29, 0.717) is 31.2 Å². The standard InChI is InChI=1S/C26H31N7O3/c1-17-28-24(36-31-17)19-5-6-21-22(14-19)30-23(29-21)15-20-13-18(7-8-27-20)16-32-9-11-33(12-10-32)25(34)35-26(2,3)4/h5-8,13-14H,9-12,15-16H2,1-4H3,(H,29,30). The maximum Gasteiger partial charge on any atom is 0.410 e. The predicted molar refractivity (Wildman–Crippen MR) is 134 cm³/mol. The van der Waals surface area contributed by atoms with E-state index < -0.39 is 5.60 Å². The summed E-state index contributed by atoms with van der Waals surface area (Å²) in [5, 5.41) is 3.86. The van der Waals surface area contributed by atoms with Gasteiger partial charge in [0.1, 0.15) is 11.4 Å². The topological polar surface area (TPSA) is 113 Å². The summed E-state index contributed by atoms with van der Waals surface area (Å²) in [4.78, 5) is 33.4. The van der Waals surface area contributed by atoms with Crippen molar-refractivity contribution < 1.29 is 14.1 Å². The number of aryl methyl sites for hydroxylation is 1. The number of H-pyrrole nitrogens is 1. The molecule has 0 spiro atoms. The van der Waals surface area contributed by atoms with Crippen LogP contribution in [0.5, 0.6) is 0 Å². The molecule has 4 aromatic rings. The zero-order chi connectivity index (χ0) is 25.3. The van der Waals surface area contributed by atoms with Gasteiger partial charge in [-0.1, -0.05) is 5.16 Å². The number of carbonyl (C=O) groups is 1. The number of pyridine rings is 1. The molecule has 3 aromatic heterocycles. The van der Waals surface area contributed by atoms with E-state index in [1.54, 1.807) is 11.8 Å². The minimum Gasteiger partial charge on any atom is -0.444 e. The molecule has 0 atom stereocenters. The van der Waals surface area contributed by atoms with Crippen molar-refractivity contribution >= 4 is 17.1 Å². The third kappa shape index (κ3) is 5.71. The van der Waals surface area contributed by atoms with Crippen LogP contribution >= 0.6 is 0 Å². The predicted octanol–water partition coefficient (Wildman–Crippen LogP) is 3.96. The second-order valence-corrected chi connectivity index (χ2v) is 10.1. The number of rotatable bonds is 5. The van der Waals surface area contributed by atoms with Gasteiger partial charge in [0.2, 0.25) is 0 Å². The molecule has 1 N–H and O–H groups in total. The average molecular weight is 490 g/mol. The number of ether oxygens (including phenoxy) is 1. The van der Waals surface area contributed by atoms with Gasteiger partial charge >= 0.3 is 6.09 Å². The number of carbonyl (C=O) groups excluding carboxylic acids is 1. The molecule has 36 heavy (non-hydrogen) atoms. The molecule has 1 amide bonds. The highest BCUT2D eigenvalue weighted by Crippen LogP contribution is 2.23. The second kappa shape index (κ2) is 9.69. The lowest BCUT2D eigenvalue weighted by Gasteiger charge is -2.35. The van der Waals surface area contributed by atoms with E-state index in [-0.39, 0.29) is 6.09 Å². The smallest absolute Gasteiger partial charge is 0.410 e. The highest BCUT2D eigenvalue weighted by Gasteiger charge is 2.25. The van der Waals surface area contributed by atoms with Crippen molar-refractivity contribution in [1.29, 1.82) is 0 Å². The van der Waals surface area contributed by atoms with Crippen molar-refractivity contribution in [3.8, 4) is 11.5 Å². The number of nitrogens with one attached hydrogen (secondary N) is 1. The molecule has 0 unspecified atom stereocenters. The summed E-state index contributed by atoms with van der Waals surface area (Å²) in [5.41, 5.74) is 4.31. The summed E-state index contributed by atoms with van der Waals surface area (Å²) in [6, 6.07) is 10.0. The fraction of sp³-hybridized carbons (Fsp3) is 0.423. The van der Waals surface area contributed by atoms with Crippen LogP contribution in [0.25, 0.3) is 22.5 Å². The van der Waals surface area contributed by atoms with Gasteiger partial charge in [-0.05, 0) is 63.6 Å². The summed E-state index contributed by atoms with van der Waals surface area (Å²) >= 11 is 0. The Hall–Kier alpha value is -3.79. The summed E-state index contributed by atoms with van der Waals surface area (Å²) in [6.45, 7) is 11.2. The third-order valence-electron chi connectivity index (χ3n) is 5.97. The number of hydrogen-bond acceptors (Lipinski definition) is 8. The molecule has 5 rings (SSSR count). The Kier molecular flexibility index (Phi) is 6.44. The van der Waals surface area contributed by atoms with Crippen LogP contribution in [0.15, 0.2) is 41.1 Å². The molecular weight excluding hydrogens is 458 g/mol. The zero-order valence-electron chi connectivity index (χ0n) is 21.1. The quantitative estimate of drug-likeness (QED) is 0.448. The van der Waals surface area contributed by atoms with Crippen LogP contribution in [0.2, 0.25) is 0 Å². The monoisotopic (exact) mass is 489 g/mol. The van der Waals surface area contributed by atoms with Crippen LogP contribution < -0.4 is 0 Å². The van der Waals surface area contributed by atoms with E-state index in [9.17, 15) is 4.79 Å². The minimum absolute atomic E-state index is 0.237. The van der Waals surface area contributed by atoms with Crippen LogP contribution in [-0.4, -0.2) is 72.8 Å². The molecule has 0 bridgehead atoms. The first kappa shape index (κ1) is 23.9. The number of nitrogens with zero attached hydrogens (tertiary/aromatic N) is 6. The van der Waals surface area contributed by atoms with Crippen LogP contribution in [-0.2, 0) is 17.7 Å². The summed E-state index contributed by atoms with van der Waals surface area (Å²) in [7, 11) is 0. The lowest BCUT2D eigenvalue weighted by atomic mass is 10.1. The molecule has 10 heteroatoms. The molecule has 1 aromatic carbocycles. The normalized spacial score (nSPS) is 14.9. The Morgan fingerprint density at radius 1 is 1.11 bits per heavy atom. The largest absolute Gasteiger partial charge is 0.444 e. The summed E-state index contributed by atoms with van der Waals surface area (Å²) in [5.74, 6) is 1.94. The maximum atomic E-state index is 12.3. The first-order chi connectivity index (χ1) is 17.2. The Balaban J connectivity index is 1.20. The summed E-state index contributed by atoms with van der Waals surface area (Å²) < 4.78 is 10.8. The zero-order valence-corrected chi connectivity index (χ0v) is 21.1. The number of amides is 1. The molecule has 1 aliphatic heterocycles. The number of benzene rings is 1. The van der Waals surface area contributed by atoms with Crippen molar-refractivity contribution in [3.63, 3.8) is 0 Å². The highest BCUT2D eigenvalue weighted by molar-refractivity contribution is 5.80. The van der Waals surface area contributed by atoms with Gasteiger partial charge in [0.05, 0.1) is 11.0 Å². The van der Waals surface area contributed by atoms with E-state index in [0.717, 1.165) is 47.7 Å². The van der Waals surface area contributed by atoms with Gasteiger partial charge < -0.3 is 19.1 Å². The number of hydrogen-bond donors (Lipinski definition) is 1. The van der Waals surface area contributed by atoms with E-state index in [1.165, 1.54) is 5.56 Å². The lowest BCUT2D eigenvalue weighted by molar-refractivity contribution is 0.0139. The van der Waals surface area contributed by atoms with Gasteiger partial charge in [0, 0.05) is 56.6 Å². The fourth-order valence-corrected chi connectivity index (χ4v) is 4.26. The van der Waals surface area contributed by atoms with Gasteiger partial charge in [-0.25, -0.2) is 9.78 Å². The molecule has 0 aliphatic carbocycles. The molecular formula is C26H31N7O3. The molecule has 0 saturated carbocycles. The van der Waals surface area contributed by atoms with Gasteiger partial charge in [0.25, 0.3) is 5.89 Å². The Morgan fingerprint density at radius 3 is 2.64 bits per heavy atom. The minimum atomic E-state index is -0.475. The number of aromatic nitrogens is 5. The second-order valence-electron chi connectivity index (χ2n) is 10.1. The van der Waals surface area contributed by atoms with Gasteiger partial charge in [0.15, 0.2) is 5.82 Å². The molecule has 1 aliphatic rings. The summed E-state index contributed by atoms with van der Waals surface area (Å²) in [6.07, 6.45) is 2.21. The van der Waals surface area contributed by atoms with E-state index >= 15 is 0 Å². The first-order valence-electron chi connectivity index (χ1n) is 12.2. The lowest BCUT2D eigenvalue weighted by Crippen LogP contribution is -2.49. The Bertz CT molecular complexity index is 1360. The van der Waals surface area contributed by atoms with Crippen LogP contribution in [0.4, 0.5) is 4.79 Å². The van der Waals surface area contributed by atoms with Crippen LogP contribution in [0.1, 0.15) is 43.7 Å². The van der Waals surface area contributed by atoms with Crippen molar-refractivity contribution in [2.45, 2.75) is 46.3 Å². The number of fused-ring (bicyclic) bond motifs is 1. The Morgan fingerprint density at radius 2 is 1.92 bits per heavy atom. The number of imidazole rings is 1. The van der Waals surface area contributed by atoms with Gasteiger partial charge in [-0.3, -0.25) is 9.88 Å². The van der Waals surface area contributed by atoms with E-state index in [2.05, 4.69) is 31.1 Å². The van der Waals surface area contributed by atoms with E-state index in [1.807, 2.05) is 51.2 Å². The van der Waals surface area contributed by atoms with Crippen LogP contribution in [0, 0.1) is 6.92 Å². The molecule has 1 saturated heterocycles. The average Bonchev–Trinajstić information content (AvgIpc) is 3.43. The molecule has 10 nitrogen and oxygen atoms in total. The third-order valence-corrected chi connectivity index (χ3v) is 5.97. The van der Waals surface area contributed by atoms with E-state index in [4.69, 9.17) is 14.2 Å². The van der Waals surface area contributed by atoms with Crippen molar-refractivity contribution in [3.05, 3.63) is 59.4 Å². The van der Waals surface area contributed by atoms with Gasteiger partial charge in [-0.2, -0.15) is 4.98 Å². The molecule has 0 radical (unpaired) electrons. The fourth-order valence-electron chi connectivity index (χ4n) is 4.26. The first-order valence-corrected chi connectivity index (χ1v) is 12.2. The van der Waals surface area contributed by atoms with Gasteiger partial charge in [-0.15, -0.1) is 0 Å². The van der Waals surface area contributed by atoms with Crippen molar-refractivity contribution in [2.24, 2.45) is 0 Å². The van der Waals surface area contributed by atoms with Crippen molar-refractivity contribution in [2.75, 3.05) is 26.2 Å². The number of aromatic amines is 1. The van der Waals surface area contributed by atoms with Crippen molar-refractivity contribution in [1.82, 2.24) is 34.9 Å². The van der Waals surface area contributed by atoms with Crippen LogP contribution in [0.3, 0.4) is 0 Å². The SMILES string of the molecule is Cc1noc(-c2ccc3nc(Cc4cc(CN5CCN(C(=O)OC(C)(C)C)CC5)ccn4)[nH]c3c2)n1. The molecule has 188 valence electrons. The Labute approximate surface area is 209 Å². The maximum absolute atomic E-state index is 12.3. The molecule has 4 heterocycles. The highest BCUT2D eigenvalue weighted by atomic mass is 16.6.